The van der Waals surface area contributed by atoms with E-state index in [0.717, 1.165) is 11.4 Å². The number of rotatable bonds is 5. The maximum atomic E-state index is 2.41. The van der Waals surface area contributed by atoms with E-state index in [1.807, 2.05) is 11.3 Å². The van der Waals surface area contributed by atoms with E-state index in [2.05, 4.69) is 181 Å². The van der Waals surface area contributed by atoms with Crippen molar-refractivity contribution < 1.29 is 0 Å². The van der Waals surface area contributed by atoms with Crippen molar-refractivity contribution in [2.24, 2.45) is 0 Å². The van der Waals surface area contributed by atoms with Gasteiger partial charge < -0.3 is 4.90 Å². The van der Waals surface area contributed by atoms with Crippen LogP contribution in [0, 0.1) is 0 Å². The second-order valence-electron chi connectivity index (χ2n) is 11.7. The molecule has 0 aliphatic heterocycles. The number of hydrogen-bond acceptors (Lipinski definition) is 2. The highest BCUT2D eigenvalue weighted by molar-refractivity contribution is 7.26. The number of nitrogens with zero attached hydrogens (tertiary/aromatic N) is 1. The highest BCUT2D eigenvalue weighted by atomic mass is 32.1. The Balaban J connectivity index is 1.28. The molecule has 0 amide bonds. The van der Waals surface area contributed by atoms with Gasteiger partial charge in [0.05, 0.1) is 11.1 Å². The summed E-state index contributed by atoms with van der Waals surface area (Å²) >= 11 is 1.86. The minimum absolute atomic E-state index is 0.409. The third-order valence-corrected chi connectivity index (χ3v) is 10.5. The van der Waals surface area contributed by atoms with Gasteiger partial charge in [-0.15, -0.1) is 11.3 Å². The number of thiophene rings is 1. The van der Waals surface area contributed by atoms with Crippen LogP contribution in [-0.4, -0.2) is 0 Å². The molecule has 45 heavy (non-hydrogen) atoms. The van der Waals surface area contributed by atoms with E-state index >= 15 is 0 Å². The largest absolute Gasteiger partial charge is 0.310 e. The lowest BCUT2D eigenvalue weighted by atomic mass is 9.68. The zero-order chi connectivity index (χ0) is 29.8. The molecule has 0 saturated heterocycles. The molecule has 0 spiro atoms. The van der Waals surface area contributed by atoms with Crippen molar-refractivity contribution in [1.82, 2.24) is 0 Å². The van der Waals surface area contributed by atoms with E-state index in [1.165, 1.54) is 59.2 Å². The molecule has 9 rings (SSSR count). The molecule has 8 aromatic rings. The predicted molar refractivity (Wildman–Crippen MR) is 191 cm³/mol. The van der Waals surface area contributed by atoms with Crippen molar-refractivity contribution in [3.8, 4) is 11.1 Å². The predicted octanol–water partition coefficient (Wildman–Crippen LogP) is 11.9. The van der Waals surface area contributed by atoms with Gasteiger partial charge >= 0.3 is 0 Å². The zero-order valence-electron chi connectivity index (χ0n) is 24.6. The Morgan fingerprint density at radius 1 is 0.400 bits per heavy atom. The Hall–Kier alpha value is -5.44. The molecule has 0 atom stereocenters. The maximum Gasteiger partial charge on any atom is 0.0713 e. The van der Waals surface area contributed by atoms with E-state index < -0.39 is 5.41 Å². The van der Waals surface area contributed by atoms with Gasteiger partial charge in [0.1, 0.15) is 0 Å². The smallest absolute Gasteiger partial charge is 0.0713 e. The van der Waals surface area contributed by atoms with Crippen molar-refractivity contribution in [1.29, 1.82) is 0 Å². The van der Waals surface area contributed by atoms with Gasteiger partial charge in [-0.25, -0.2) is 0 Å². The SMILES string of the molecule is c1ccc(N(c2ccc(C3(c4ccccc4)c4ccccc4-c4ccccc43)cc2)c2cccc3sc4ccccc4c23)cc1. The van der Waals surface area contributed by atoms with Crippen LogP contribution in [0.4, 0.5) is 17.1 Å². The van der Waals surface area contributed by atoms with Crippen LogP contribution in [0.5, 0.6) is 0 Å². The van der Waals surface area contributed by atoms with Crippen LogP contribution in [0.25, 0.3) is 31.3 Å². The average Bonchev–Trinajstić information content (AvgIpc) is 3.64. The summed E-state index contributed by atoms with van der Waals surface area (Å²) in [5, 5.41) is 2.60. The van der Waals surface area contributed by atoms with Gasteiger partial charge in [0.25, 0.3) is 0 Å². The summed E-state index contributed by atoms with van der Waals surface area (Å²) < 4.78 is 2.61. The van der Waals surface area contributed by atoms with Crippen molar-refractivity contribution in [3.05, 3.63) is 198 Å². The first kappa shape index (κ1) is 26.0. The Morgan fingerprint density at radius 3 is 1.64 bits per heavy atom. The van der Waals surface area contributed by atoms with E-state index in [1.54, 1.807) is 0 Å². The highest BCUT2D eigenvalue weighted by Gasteiger charge is 2.45. The molecule has 0 unspecified atom stereocenters. The van der Waals surface area contributed by atoms with Gasteiger partial charge in [-0.3, -0.25) is 0 Å². The summed E-state index contributed by atoms with van der Waals surface area (Å²) in [6.45, 7) is 0. The van der Waals surface area contributed by atoms with Crippen molar-refractivity contribution in [3.63, 3.8) is 0 Å². The molecule has 0 bridgehead atoms. The molecule has 1 aliphatic carbocycles. The fraction of sp³-hybridized carbons (Fsp3) is 0.0233. The van der Waals surface area contributed by atoms with Crippen LogP contribution in [-0.2, 0) is 5.41 Å². The van der Waals surface area contributed by atoms with Crippen molar-refractivity contribution in [2.75, 3.05) is 4.90 Å². The minimum atomic E-state index is -0.409. The van der Waals surface area contributed by atoms with Crippen molar-refractivity contribution in [2.45, 2.75) is 5.41 Å². The topological polar surface area (TPSA) is 3.24 Å². The minimum Gasteiger partial charge on any atom is -0.310 e. The molecule has 1 aromatic heterocycles. The lowest BCUT2D eigenvalue weighted by Crippen LogP contribution is -2.28. The highest BCUT2D eigenvalue weighted by Crippen LogP contribution is 2.56. The van der Waals surface area contributed by atoms with Crippen LogP contribution in [0.15, 0.2) is 176 Å². The summed E-state index contributed by atoms with van der Waals surface area (Å²) in [6.07, 6.45) is 0. The lowest BCUT2D eigenvalue weighted by Gasteiger charge is -2.34. The third-order valence-electron chi connectivity index (χ3n) is 9.35. The Kier molecular flexibility index (Phi) is 5.97. The monoisotopic (exact) mass is 591 g/mol. The molecule has 1 nitrogen and oxygen atoms in total. The summed E-state index contributed by atoms with van der Waals surface area (Å²) in [6, 6.07) is 64.4. The summed E-state index contributed by atoms with van der Waals surface area (Å²) in [4.78, 5) is 2.41. The van der Waals surface area contributed by atoms with E-state index in [9.17, 15) is 0 Å². The summed E-state index contributed by atoms with van der Waals surface area (Å²) in [7, 11) is 0. The second-order valence-corrected chi connectivity index (χ2v) is 12.8. The first-order valence-corrected chi connectivity index (χ1v) is 16.3. The second kappa shape index (κ2) is 10.3. The molecular formula is C43H29NS. The van der Waals surface area contributed by atoms with Gasteiger partial charge in [0, 0.05) is 31.5 Å². The zero-order valence-corrected chi connectivity index (χ0v) is 25.4. The Labute approximate surface area is 267 Å². The fourth-order valence-electron chi connectivity index (χ4n) is 7.52. The number of para-hydroxylation sites is 1. The molecule has 0 radical (unpaired) electrons. The van der Waals surface area contributed by atoms with Crippen molar-refractivity contribution >= 4 is 48.6 Å². The number of anilines is 3. The molecule has 1 heterocycles. The van der Waals surface area contributed by atoms with Gasteiger partial charge in [0.15, 0.2) is 0 Å². The quantitative estimate of drug-likeness (QED) is 0.192. The normalized spacial score (nSPS) is 13.1. The van der Waals surface area contributed by atoms with Crippen LogP contribution in [0.2, 0.25) is 0 Å². The fourth-order valence-corrected chi connectivity index (χ4v) is 8.65. The first-order valence-electron chi connectivity index (χ1n) is 15.4. The molecule has 0 fully saturated rings. The molecule has 0 N–H and O–H groups in total. The van der Waals surface area contributed by atoms with E-state index in [4.69, 9.17) is 0 Å². The molecule has 1 aliphatic rings. The summed E-state index contributed by atoms with van der Waals surface area (Å²) in [5.41, 5.74) is 10.9. The molecule has 7 aromatic carbocycles. The van der Waals surface area contributed by atoms with Crippen LogP contribution in [0.3, 0.4) is 0 Å². The lowest BCUT2D eigenvalue weighted by molar-refractivity contribution is 0.768. The van der Waals surface area contributed by atoms with E-state index in [-0.39, 0.29) is 0 Å². The van der Waals surface area contributed by atoms with Crippen LogP contribution in [0.1, 0.15) is 22.3 Å². The molecule has 0 saturated carbocycles. The molecule has 2 heteroatoms. The van der Waals surface area contributed by atoms with Gasteiger partial charge in [-0.05, 0) is 75.8 Å². The maximum absolute atomic E-state index is 2.41. The standard InChI is InChI=1S/C43H29NS/c1-3-14-30(15-4-1)43(37-21-10-7-18-34(37)35-19-8-11-22-38(35)43)31-26-28-33(29-27-31)44(32-16-5-2-6-17-32)39-23-13-25-41-42(39)36-20-9-12-24-40(36)45-41/h1-29H. The molecular weight excluding hydrogens is 563 g/mol. The van der Waals surface area contributed by atoms with E-state index in [0.29, 0.717) is 0 Å². The summed E-state index contributed by atoms with van der Waals surface area (Å²) in [5.74, 6) is 0. The first-order chi connectivity index (χ1) is 22.3. The average molecular weight is 592 g/mol. The van der Waals surface area contributed by atoms with Gasteiger partial charge in [-0.1, -0.05) is 133 Å². The Morgan fingerprint density at radius 2 is 0.933 bits per heavy atom. The van der Waals surface area contributed by atoms with Crippen LogP contribution >= 0.6 is 11.3 Å². The number of fused-ring (bicyclic) bond motifs is 6. The van der Waals surface area contributed by atoms with Gasteiger partial charge in [0.2, 0.25) is 0 Å². The number of benzene rings is 7. The Bertz CT molecular complexity index is 2270. The van der Waals surface area contributed by atoms with Gasteiger partial charge in [-0.2, -0.15) is 0 Å². The number of hydrogen-bond donors (Lipinski definition) is 0. The van der Waals surface area contributed by atoms with Crippen LogP contribution < -0.4 is 4.90 Å². The third kappa shape index (κ3) is 3.86. The molecule has 212 valence electrons.